The molecule has 28 heavy (non-hydrogen) atoms. The molecule has 3 aromatic rings. The van der Waals surface area contributed by atoms with Gasteiger partial charge in [0.05, 0.1) is 18.9 Å². The monoisotopic (exact) mass is 401 g/mol. The van der Waals surface area contributed by atoms with Crippen molar-refractivity contribution in [1.82, 2.24) is 9.88 Å². The molecule has 1 aromatic heterocycles. The van der Waals surface area contributed by atoms with Crippen LogP contribution in [0.5, 0.6) is 11.5 Å². The molecule has 146 valence electrons. The van der Waals surface area contributed by atoms with Crippen molar-refractivity contribution in [2.45, 2.75) is 0 Å². The number of piperazine rings is 1. The number of thiazole rings is 1. The summed E-state index contributed by atoms with van der Waals surface area (Å²) in [7, 11) is 3.21. The van der Waals surface area contributed by atoms with Gasteiger partial charge in [0.1, 0.15) is 11.3 Å². The lowest BCUT2D eigenvalue weighted by atomic mass is 10.2. The molecule has 0 bridgehead atoms. The van der Waals surface area contributed by atoms with Crippen LogP contribution in [0.25, 0.3) is 10.2 Å². The fourth-order valence-electron chi connectivity index (χ4n) is 3.34. The summed E-state index contributed by atoms with van der Waals surface area (Å²) in [6.45, 7) is 2.46. The molecule has 8 heteroatoms. The lowest BCUT2D eigenvalue weighted by Gasteiger charge is -2.34. The molecule has 4 rings (SSSR count). The summed E-state index contributed by atoms with van der Waals surface area (Å²) in [5.41, 5.74) is 1.16. The van der Waals surface area contributed by atoms with Crippen LogP contribution >= 0.6 is 11.3 Å². The van der Waals surface area contributed by atoms with Crippen molar-refractivity contribution >= 4 is 32.6 Å². The average molecular weight is 401 g/mol. The van der Waals surface area contributed by atoms with E-state index in [2.05, 4.69) is 4.90 Å². The minimum Gasteiger partial charge on any atom is -0.493 e. The number of aromatic nitrogens is 1. The van der Waals surface area contributed by atoms with Gasteiger partial charge in [-0.25, -0.2) is 9.37 Å². The molecule has 0 unspecified atom stereocenters. The Kier molecular flexibility index (Phi) is 5.04. The third-order valence-corrected chi connectivity index (χ3v) is 5.88. The summed E-state index contributed by atoms with van der Waals surface area (Å²) in [6.07, 6.45) is 0. The molecular formula is C20H20FN3O3S. The van der Waals surface area contributed by atoms with Gasteiger partial charge < -0.3 is 19.3 Å². The van der Waals surface area contributed by atoms with Gasteiger partial charge in [-0.3, -0.25) is 4.79 Å². The Balaban J connectivity index is 1.50. The number of carbonyl (C=O) groups excluding carboxylic acids is 1. The number of rotatable bonds is 4. The predicted octanol–water partition coefficient (Wildman–Crippen LogP) is 3.42. The third kappa shape index (κ3) is 3.35. The molecule has 1 aliphatic rings. The molecular weight excluding hydrogens is 381 g/mol. The molecule has 0 aliphatic carbocycles. The van der Waals surface area contributed by atoms with Crippen LogP contribution in [-0.2, 0) is 0 Å². The van der Waals surface area contributed by atoms with Gasteiger partial charge in [-0.2, -0.15) is 0 Å². The Hall–Kier alpha value is -2.87. The first-order chi connectivity index (χ1) is 13.6. The van der Waals surface area contributed by atoms with E-state index in [-0.39, 0.29) is 5.91 Å². The number of benzene rings is 2. The number of fused-ring (bicyclic) bond motifs is 1. The van der Waals surface area contributed by atoms with Crippen molar-refractivity contribution < 1.29 is 18.7 Å². The first-order valence-corrected chi connectivity index (χ1v) is 9.73. The topological polar surface area (TPSA) is 54.9 Å². The van der Waals surface area contributed by atoms with Gasteiger partial charge in [-0.1, -0.05) is 17.4 Å². The minimum atomic E-state index is -0.400. The van der Waals surface area contributed by atoms with Crippen molar-refractivity contribution in [3.63, 3.8) is 0 Å². The molecule has 0 saturated carbocycles. The third-order valence-electron chi connectivity index (χ3n) is 4.80. The van der Waals surface area contributed by atoms with Crippen molar-refractivity contribution in [2.24, 2.45) is 0 Å². The number of hydrogen-bond donors (Lipinski definition) is 0. The standard InChI is InChI=1S/C20H20FN3O3S/c1-26-15-6-7-16-17(18(15)27-2)22-20(28-16)24-10-8-23(9-11-24)19(25)13-4-3-5-14(21)12-13/h3-7,12H,8-11H2,1-2H3. The van der Waals surface area contributed by atoms with Crippen LogP contribution in [0.1, 0.15) is 10.4 Å². The predicted molar refractivity (Wildman–Crippen MR) is 107 cm³/mol. The van der Waals surface area contributed by atoms with Crippen LogP contribution in [0.15, 0.2) is 36.4 Å². The van der Waals surface area contributed by atoms with Crippen LogP contribution in [-0.4, -0.2) is 56.2 Å². The Labute approximate surface area is 166 Å². The summed E-state index contributed by atoms with van der Waals surface area (Å²) in [5.74, 6) is 0.734. The summed E-state index contributed by atoms with van der Waals surface area (Å²) in [6, 6.07) is 9.67. The van der Waals surface area contributed by atoms with Crippen LogP contribution in [0.3, 0.4) is 0 Å². The van der Waals surface area contributed by atoms with Crippen molar-refractivity contribution in [1.29, 1.82) is 0 Å². The van der Waals surface area contributed by atoms with Gasteiger partial charge in [0, 0.05) is 31.7 Å². The Morgan fingerprint density at radius 2 is 1.89 bits per heavy atom. The molecule has 0 atom stereocenters. The second kappa shape index (κ2) is 7.63. The van der Waals surface area contributed by atoms with E-state index in [1.807, 2.05) is 12.1 Å². The zero-order valence-corrected chi connectivity index (χ0v) is 16.5. The smallest absolute Gasteiger partial charge is 0.254 e. The van der Waals surface area contributed by atoms with E-state index in [0.717, 1.165) is 15.3 Å². The van der Waals surface area contributed by atoms with Gasteiger partial charge in [-0.05, 0) is 30.3 Å². The first kappa shape index (κ1) is 18.5. The maximum Gasteiger partial charge on any atom is 0.254 e. The molecule has 1 fully saturated rings. The molecule has 2 heterocycles. The number of carbonyl (C=O) groups is 1. The van der Waals surface area contributed by atoms with Crippen LogP contribution in [0.2, 0.25) is 0 Å². The largest absolute Gasteiger partial charge is 0.493 e. The number of amides is 1. The Morgan fingerprint density at radius 1 is 1.11 bits per heavy atom. The molecule has 0 N–H and O–H groups in total. The highest BCUT2D eigenvalue weighted by atomic mass is 32.1. The quantitative estimate of drug-likeness (QED) is 0.671. The van der Waals surface area contributed by atoms with E-state index >= 15 is 0 Å². The lowest BCUT2D eigenvalue weighted by Crippen LogP contribution is -2.48. The number of ether oxygens (including phenoxy) is 2. The second-order valence-electron chi connectivity index (χ2n) is 6.43. The minimum absolute atomic E-state index is 0.144. The zero-order valence-electron chi connectivity index (χ0n) is 15.6. The molecule has 0 radical (unpaired) electrons. The van der Waals surface area contributed by atoms with E-state index in [9.17, 15) is 9.18 Å². The van der Waals surface area contributed by atoms with E-state index in [4.69, 9.17) is 14.5 Å². The number of methoxy groups -OCH3 is 2. The first-order valence-electron chi connectivity index (χ1n) is 8.92. The van der Waals surface area contributed by atoms with E-state index in [1.165, 1.54) is 12.1 Å². The highest BCUT2D eigenvalue weighted by Gasteiger charge is 2.25. The molecule has 6 nitrogen and oxygen atoms in total. The summed E-state index contributed by atoms with van der Waals surface area (Å²) in [5, 5.41) is 0.888. The summed E-state index contributed by atoms with van der Waals surface area (Å²) < 4.78 is 25.2. The van der Waals surface area contributed by atoms with Crippen molar-refractivity contribution in [2.75, 3.05) is 45.3 Å². The summed E-state index contributed by atoms with van der Waals surface area (Å²) in [4.78, 5) is 21.2. The number of anilines is 1. The maximum absolute atomic E-state index is 13.4. The Bertz CT molecular complexity index is 1020. The number of nitrogens with zero attached hydrogens (tertiary/aromatic N) is 3. The van der Waals surface area contributed by atoms with E-state index in [0.29, 0.717) is 43.2 Å². The van der Waals surface area contributed by atoms with Gasteiger partial charge in [0.25, 0.3) is 5.91 Å². The highest BCUT2D eigenvalue weighted by molar-refractivity contribution is 7.22. The molecule has 1 saturated heterocycles. The van der Waals surface area contributed by atoms with Gasteiger partial charge in [0.15, 0.2) is 16.6 Å². The van der Waals surface area contributed by atoms with Gasteiger partial charge in [-0.15, -0.1) is 0 Å². The molecule has 1 aliphatic heterocycles. The lowest BCUT2D eigenvalue weighted by molar-refractivity contribution is 0.0746. The van der Waals surface area contributed by atoms with Crippen molar-refractivity contribution in [3.8, 4) is 11.5 Å². The van der Waals surface area contributed by atoms with Gasteiger partial charge in [0.2, 0.25) is 0 Å². The highest BCUT2D eigenvalue weighted by Crippen LogP contribution is 2.40. The van der Waals surface area contributed by atoms with Crippen LogP contribution in [0, 0.1) is 5.82 Å². The van der Waals surface area contributed by atoms with Crippen LogP contribution < -0.4 is 14.4 Å². The molecule has 1 amide bonds. The summed E-state index contributed by atoms with van der Waals surface area (Å²) >= 11 is 1.59. The van der Waals surface area contributed by atoms with Crippen molar-refractivity contribution in [3.05, 3.63) is 47.8 Å². The second-order valence-corrected chi connectivity index (χ2v) is 7.44. The zero-order chi connectivity index (χ0) is 19.7. The maximum atomic E-state index is 13.4. The average Bonchev–Trinajstić information content (AvgIpc) is 3.17. The van der Waals surface area contributed by atoms with E-state index < -0.39 is 5.82 Å². The number of hydrogen-bond acceptors (Lipinski definition) is 6. The molecule has 2 aromatic carbocycles. The van der Waals surface area contributed by atoms with Gasteiger partial charge >= 0.3 is 0 Å². The number of halogens is 1. The fourth-order valence-corrected chi connectivity index (χ4v) is 4.35. The van der Waals surface area contributed by atoms with E-state index in [1.54, 1.807) is 42.6 Å². The normalized spacial score (nSPS) is 14.4. The molecule has 0 spiro atoms. The SMILES string of the molecule is COc1ccc2sc(N3CCN(C(=O)c4cccc(F)c4)CC3)nc2c1OC. The fraction of sp³-hybridized carbons (Fsp3) is 0.300. The van der Waals surface area contributed by atoms with Crippen LogP contribution in [0.4, 0.5) is 9.52 Å². The Morgan fingerprint density at radius 3 is 2.57 bits per heavy atom.